The van der Waals surface area contributed by atoms with Gasteiger partial charge in [0.1, 0.15) is 0 Å². The highest BCUT2D eigenvalue weighted by Crippen LogP contribution is 2.13. The summed E-state index contributed by atoms with van der Waals surface area (Å²) in [5.74, 6) is 0. The summed E-state index contributed by atoms with van der Waals surface area (Å²) in [5.41, 5.74) is 4.40. The van der Waals surface area contributed by atoms with Gasteiger partial charge in [0.2, 0.25) is 0 Å². The molecule has 2 rings (SSSR count). The Balaban J connectivity index is 1.81. The zero-order valence-electron chi connectivity index (χ0n) is 12.3. The van der Waals surface area contributed by atoms with Crippen molar-refractivity contribution in [3.63, 3.8) is 0 Å². The van der Waals surface area contributed by atoms with Crippen molar-refractivity contribution in [1.82, 2.24) is 10.2 Å². The normalized spacial score (nSPS) is 16.4. The second-order valence-corrected chi connectivity index (χ2v) is 5.46. The Morgan fingerprint density at radius 2 is 1.89 bits per heavy atom. The Bertz CT molecular complexity index is 406. The van der Waals surface area contributed by atoms with Crippen LogP contribution in [-0.2, 0) is 13.0 Å². The molecule has 0 radical (unpaired) electrons. The molecule has 0 aromatic heterocycles. The molecule has 1 aliphatic heterocycles. The highest BCUT2D eigenvalue weighted by Gasteiger charge is 2.09. The highest BCUT2D eigenvalue weighted by molar-refractivity contribution is 5.23. The van der Waals surface area contributed by atoms with Gasteiger partial charge < -0.3 is 5.32 Å². The molecule has 1 heterocycles. The third-order valence-electron chi connectivity index (χ3n) is 3.79. The molecule has 1 aromatic rings. The molecule has 104 valence electrons. The maximum Gasteiger partial charge on any atom is 0.0237 e. The number of nitrogens with zero attached hydrogens (tertiary/aromatic N) is 1. The summed E-state index contributed by atoms with van der Waals surface area (Å²) in [6.45, 7) is 9.90. The summed E-state index contributed by atoms with van der Waals surface area (Å²) < 4.78 is 0. The molecular formula is C17H26N2. The first-order valence-corrected chi connectivity index (χ1v) is 7.44. The monoisotopic (exact) mass is 258 g/mol. The molecule has 2 heteroatoms. The van der Waals surface area contributed by atoms with Gasteiger partial charge in [0.05, 0.1) is 0 Å². The Hall–Kier alpha value is -1.12. The van der Waals surface area contributed by atoms with Gasteiger partial charge in [-0.25, -0.2) is 0 Å². The third kappa shape index (κ3) is 4.81. The van der Waals surface area contributed by atoms with Gasteiger partial charge in [-0.1, -0.05) is 42.8 Å². The largest absolute Gasteiger partial charge is 0.317 e. The standard InChI is InChI=1S/C17H26N2/c1-3-18-11-8-16-4-6-17(7-5-16)14-19-12-9-15(2)10-13-19/h4-7,9,18H,3,8,10-14H2,1-2H3. The van der Waals surface area contributed by atoms with Crippen LogP contribution in [0.4, 0.5) is 0 Å². The lowest BCUT2D eigenvalue weighted by atomic mass is 10.1. The second-order valence-electron chi connectivity index (χ2n) is 5.46. The van der Waals surface area contributed by atoms with Crippen LogP contribution in [0.25, 0.3) is 0 Å². The van der Waals surface area contributed by atoms with E-state index in [4.69, 9.17) is 0 Å². The lowest BCUT2D eigenvalue weighted by Gasteiger charge is -2.25. The molecule has 0 unspecified atom stereocenters. The van der Waals surface area contributed by atoms with Gasteiger partial charge in [-0.15, -0.1) is 0 Å². The maximum absolute atomic E-state index is 3.37. The zero-order valence-corrected chi connectivity index (χ0v) is 12.3. The van der Waals surface area contributed by atoms with Gasteiger partial charge in [-0.05, 0) is 44.0 Å². The number of rotatable bonds is 6. The molecule has 0 amide bonds. The van der Waals surface area contributed by atoms with Crippen LogP contribution in [0.1, 0.15) is 31.4 Å². The van der Waals surface area contributed by atoms with Crippen molar-refractivity contribution < 1.29 is 0 Å². The average Bonchev–Trinajstić information content (AvgIpc) is 2.44. The molecule has 0 atom stereocenters. The maximum atomic E-state index is 3.37. The fourth-order valence-corrected chi connectivity index (χ4v) is 2.44. The number of benzene rings is 1. The van der Waals surface area contributed by atoms with Crippen molar-refractivity contribution in [1.29, 1.82) is 0 Å². The van der Waals surface area contributed by atoms with E-state index in [1.54, 1.807) is 0 Å². The minimum Gasteiger partial charge on any atom is -0.317 e. The van der Waals surface area contributed by atoms with E-state index in [0.29, 0.717) is 0 Å². The van der Waals surface area contributed by atoms with Gasteiger partial charge in [-0.2, -0.15) is 0 Å². The number of nitrogens with one attached hydrogen (secondary N) is 1. The summed E-state index contributed by atoms with van der Waals surface area (Å²) in [7, 11) is 0. The second kappa shape index (κ2) is 7.46. The lowest BCUT2D eigenvalue weighted by molar-refractivity contribution is 0.286. The molecule has 0 aliphatic carbocycles. The molecule has 2 nitrogen and oxygen atoms in total. The Morgan fingerprint density at radius 1 is 1.16 bits per heavy atom. The van der Waals surface area contributed by atoms with Crippen molar-refractivity contribution >= 4 is 0 Å². The van der Waals surface area contributed by atoms with Crippen LogP contribution in [-0.4, -0.2) is 31.1 Å². The summed E-state index contributed by atoms with van der Waals surface area (Å²) in [4.78, 5) is 2.51. The molecule has 0 fully saturated rings. The van der Waals surface area contributed by atoms with E-state index in [2.05, 4.69) is 54.4 Å². The molecular weight excluding hydrogens is 232 g/mol. The molecule has 1 aliphatic rings. The SMILES string of the molecule is CCNCCc1ccc(CN2CC=C(C)CC2)cc1. The zero-order chi connectivity index (χ0) is 13.5. The average molecular weight is 258 g/mol. The first-order valence-electron chi connectivity index (χ1n) is 7.44. The molecule has 1 N–H and O–H groups in total. The molecule has 1 aromatic carbocycles. The predicted molar refractivity (Wildman–Crippen MR) is 82.3 cm³/mol. The highest BCUT2D eigenvalue weighted by atomic mass is 15.1. The van der Waals surface area contributed by atoms with Crippen molar-refractivity contribution in [3.8, 4) is 0 Å². The summed E-state index contributed by atoms with van der Waals surface area (Å²) in [6.07, 6.45) is 4.70. The van der Waals surface area contributed by atoms with E-state index >= 15 is 0 Å². The minimum absolute atomic E-state index is 1.06. The van der Waals surface area contributed by atoms with E-state index in [0.717, 1.165) is 32.6 Å². The molecule has 0 saturated carbocycles. The molecule has 0 spiro atoms. The third-order valence-corrected chi connectivity index (χ3v) is 3.79. The van der Waals surface area contributed by atoms with Crippen LogP contribution in [0.5, 0.6) is 0 Å². The van der Waals surface area contributed by atoms with E-state index in [-0.39, 0.29) is 0 Å². The fourth-order valence-electron chi connectivity index (χ4n) is 2.44. The minimum atomic E-state index is 1.06. The summed E-state index contributed by atoms with van der Waals surface area (Å²) in [6, 6.07) is 9.12. The van der Waals surface area contributed by atoms with E-state index in [9.17, 15) is 0 Å². The van der Waals surface area contributed by atoms with Gasteiger partial charge in [0, 0.05) is 19.6 Å². The van der Waals surface area contributed by atoms with Crippen LogP contribution in [0.15, 0.2) is 35.9 Å². The lowest BCUT2D eigenvalue weighted by Crippen LogP contribution is -2.27. The molecule has 0 bridgehead atoms. The van der Waals surface area contributed by atoms with Gasteiger partial charge >= 0.3 is 0 Å². The summed E-state index contributed by atoms with van der Waals surface area (Å²) >= 11 is 0. The first kappa shape index (κ1) is 14.3. The first-order chi connectivity index (χ1) is 9.28. The van der Waals surface area contributed by atoms with Crippen molar-refractivity contribution in [2.75, 3.05) is 26.2 Å². The van der Waals surface area contributed by atoms with Crippen molar-refractivity contribution in [2.45, 2.75) is 33.2 Å². The van der Waals surface area contributed by atoms with Gasteiger partial charge in [0.15, 0.2) is 0 Å². The van der Waals surface area contributed by atoms with Crippen LogP contribution >= 0.6 is 0 Å². The van der Waals surface area contributed by atoms with E-state index < -0.39 is 0 Å². The smallest absolute Gasteiger partial charge is 0.0237 e. The molecule has 0 saturated heterocycles. The van der Waals surface area contributed by atoms with Gasteiger partial charge in [-0.3, -0.25) is 4.90 Å². The quantitative estimate of drug-likeness (QED) is 0.623. The van der Waals surface area contributed by atoms with Crippen molar-refractivity contribution in [2.24, 2.45) is 0 Å². The Kier molecular flexibility index (Phi) is 5.62. The van der Waals surface area contributed by atoms with Crippen LogP contribution < -0.4 is 5.32 Å². The van der Waals surface area contributed by atoms with E-state index in [1.807, 2.05) is 0 Å². The van der Waals surface area contributed by atoms with Crippen LogP contribution in [0, 0.1) is 0 Å². The predicted octanol–water partition coefficient (Wildman–Crippen LogP) is 2.99. The number of hydrogen-bond acceptors (Lipinski definition) is 2. The number of likely N-dealkylation sites (N-methyl/N-ethyl adjacent to an activating group) is 1. The number of hydrogen-bond donors (Lipinski definition) is 1. The summed E-state index contributed by atoms with van der Waals surface area (Å²) in [5, 5.41) is 3.37. The van der Waals surface area contributed by atoms with E-state index in [1.165, 1.54) is 29.7 Å². The molecule has 19 heavy (non-hydrogen) atoms. The Labute approximate surface area is 117 Å². The van der Waals surface area contributed by atoms with Gasteiger partial charge in [0.25, 0.3) is 0 Å². The topological polar surface area (TPSA) is 15.3 Å². The Morgan fingerprint density at radius 3 is 2.53 bits per heavy atom. The van der Waals surface area contributed by atoms with Crippen molar-refractivity contribution in [3.05, 3.63) is 47.0 Å². The fraction of sp³-hybridized carbons (Fsp3) is 0.529. The van der Waals surface area contributed by atoms with Crippen LogP contribution in [0.3, 0.4) is 0 Å². The van der Waals surface area contributed by atoms with Crippen LogP contribution in [0.2, 0.25) is 0 Å².